The van der Waals surface area contributed by atoms with Crippen LogP contribution in [0.4, 0.5) is 0 Å². The molecular weight excluding hydrogens is 2490 g/mol. The number of ether oxygens (including phenoxy) is 11. The molecule has 0 bridgehead atoms. The molecule has 0 aromatic carbocycles. The first kappa shape index (κ1) is 133. The number of hydrogen-bond acceptors (Lipinski definition) is 31. The van der Waals surface area contributed by atoms with E-state index in [0.29, 0.717) is 0 Å². The van der Waals surface area contributed by atoms with Gasteiger partial charge in [-0.15, -0.1) is 0 Å². The Kier molecular flexibility index (Phi) is 54.9. The molecule has 13 atom stereocenters. The summed E-state index contributed by atoms with van der Waals surface area (Å²) in [7, 11) is 0. The summed E-state index contributed by atoms with van der Waals surface area (Å²) in [5.74, 6) is -25.2. The van der Waals surface area contributed by atoms with Gasteiger partial charge in [-0.05, 0) is 202 Å². The van der Waals surface area contributed by atoms with Crippen molar-refractivity contribution < 1.29 is 199 Å². The van der Waals surface area contributed by atoms with Gasteiger partial charge in [-0.3, -0.25) is 95.9 Å². The maximum Gasteiger partial charge on any atom is 0.317 e. The molecule has 13 unspecified atom stereocenters. The zero-order valence-electron chi connectivity index (χ0n) is 79.6. The lowest BCUT2D eigenvalue weighted by Gasteiger charge is -2.37. The van der Waals surface area contributed by atoms with Crippen LogP contribution in [0.25, 0.3) is 0 Å². The predicted octanol–water partition coefficient (Wildman–Crippen LogP) is 13.3. The topological polar surface area (TPSA) is 645 Å². The molecule has 0 radical (unpaired) electrons. The van der Waals surface area contributed by atoms with Gasteiger partial charge in [-0.25, -0.2) is 0 Å². The summed E-state index contributed by atoms with van der Waals surface area (Å²) < 4.78 is 63.8. The van der Waals surface area contributed by atoms with Crippen LogP contribution in [0.2, 0.25) is 0 Å². The zero-order chi connectivity index (χ0) is 108. The largest absolute Gasteiger partial charge is 0.480 e. The Morgan fingerprint density at radius 2 is 0.387 bits per heavy atom. The molecule has 0 spiro atoms. The Morgan fingerprint density at radius 3 is 0.569 bits per heavy atom. The number of carbonyl (C=O) groups excluding carboxylic acids is 10. The van der Waals surface area contributed by atoms with Gasteiger partial charge in [0.25, 0.3) is 0 Å². The molecule has 0 rings (SSSR count). The van der Waals surface area contributed by atoms with Crippen molar-refractivity contribution in [3.8, 4) is 0 Å². The highest BCUT2D eigenvalue weighted by molar-refractivity contribution is 9.11. The van der Waals surface area contributed by atoms with Gasteiger partial charge in [-0.2, -0.15) is 0 Å². The van der Waals surface area contributed by atoms with Gasteiger partial charge in [0, 0.05) is 0 Å². The third-order valence-electron chi connectivity index (χ3n) is 21.8. The summed E-state index contributed by atoms with van der Waals surface area (Å²) in [6.07, 6.45) is -4.36. The second kappa shape index (κ2) is 56.4. The van der Waals surface area contributed by atoms with Gasteiger partial charge in [-0.1, -0.05) is 166 Å². The minimum absolute atomic E-state index is 0.227. The van der Waals surface area contributed by atoms with Crippen LogP contribution in [0.5, 0.6) is 0 Å². The van der Waals surface area contributed by atoms with Crippen molar-refractivity contribution in [2.45, 2.75) is 258 Å². The number of rotatable bonds is 64. The molecule has 137 heavy (non-hydrogen) atoms. The Labute approximate surface area is 877 Å². The fraction of sp³-hybridized carbons (Fsp3) is 0.767. The average Bonchev–Trinajstić information content (AvgIpc) is 0.818. The van der Waals surface area contributed by atoms with Crippen LogP contribution < -0.4 is 0 Å². The Bertz CT molecular complexity index is 3930. The van der Waals surface area contributed by atoms with Crippen molar-refractivity contribution in [2.24, 2.45) is 76.8 Å². The number of carboxylic acids is 10. The van der Waals surface area contributed by atoms with Crippen molar-refractivity contribution in [3.05, 3.63) is 0 Å². The molecule has 0 amide bonds. The minimum atomic E-state index is -2.05. The fourth-order valence-corrected chi connectivity index (χ4v) is 19.7. The number of alkyl halides is 10. The van der Waals surface area contributed by atoms with Crippen molar-refractivity contribution in [2.75, 3.05) is 72.7 Å². The third-order valence-corrected chi connectivity index (χ3v) is 29.5. The molecule has 0 aliphatic carbocycles. The van der Waals surface area contributed by atoms with E-state index in [1.54, 1.807) is 0 Å². The summed E-state index contributed by atoms with van der Waals surface area (Å²) in [5.41, 5.74) is -19.1. The molecule has 0 heterocycles. The maximum absolute atomic E-state index is 14.3. The van der Waals surface area contributed by atoms with Crippen molar-refractivity contribution in [3.63, 3.8) is 0 Å². The van der Waals surface area contributed by atoms with Crippen LogP contribution in [0.15, 0.2) is 0 Å². The van der Waals surface area contributed by atoms with Gasteiger partial charge in [0.05, 0.1) is 78.7 Å². The van der Waals surface area contributed by atoms with E-state index in [9.17, 15) is 147 Å². The molecule has 0 saturated heterocycles. The maximum atomic E-state index is 14.3. The molecule has 0 saturated carbocycles. The van der Waals surface area contributed by atoms with Crippen LogP contribution in [0.1, 0.15) is 203 Å². The van der Waals surface area contributed by atoms with Crippen molar-refractivity contribution in [1.82, 2.24) is 0 Å². The minimum Gasteiger partial charge on any atom is -0.480 e. The lowest BCUT2D eigenvalue weighted by atomic mass is 9.78. The quantitative estimate of drug-likeness (QED) is 0.0154. The molecule has 0 aliphatic rings. The van der Waals surface area contributed by atoms with Gasteiger partial charge < -0.3 is 103 Å². The van der Waals surface area contributed by atoms with E-state index in [-0.39, 0.29) is 57.8 Å². The molecule has 0 fully saturated rings. The highest BCUT2D eigenvalue weighted by atomic mass is 79.9. The van der Waals surface area contributed by atoms with Crippen molar-refractivity contribution in [1.29, 1.82) is 0 Å². The van der Waals surface area contributed by atoms with Gasteiger partial charge in [0.2, 0.25) is 0 Å². The first-order valence-corrected chi connectivity index (χ1v) is 50.9. The normalized spacial score (nSPS) is 16.2. The molecule has 41 nitrogen and oxygen atoms in total. The lowest BCUT2D eigenvalue weighted by molar-refractivity contribution is -0.186. The predicted molar refractivity (Wildman–Crippen MR) is 520 cm³/mol. The number of aliphatic carboxylic acids is 10. The van der Waals surface area contributed by atoms with E-state index >= 15 is 0 Å². The summed E-state index contributed by atoms with van der Waals surface area (Å²) in [5, 5.41) is 95.4. The van der Waals surface area contributed by atoms with Crippen LogP contribution in [0.3, 0.4) is 0 Å². The molecule has 0 aromatic rings. The summed E-state index contributed by atoms with van der Waals surface area (Å²) in [6, 6.07) is 0. The third kappa shape index (κ3) is 45.8. The molecule has 0 aromatic heterocycles. The highest BCUT2D eigenvalue weighted by Gasteiger charge is 2.51. The fourth-order valence-electron chi connectivity index (χ4n) is 11.7. The number of carboxylic acid groups (broad SMARTS) is 10. The number of esters is 10. The van der Waals surface area contributed by atoms with Gasteiger partial charge in [0.15, 0.2) is 0 Å². The number of halogens is 10. The number of hydrogen-bond donors (Lipinski definition) is 10. The Balaban J connectivity index is 0. The molecular formula is C86H126Br10O41. The van der Waals surface area contributed by atoms with Crippen LogP contribution >= 0.6 is 159 Å². The second-order valence-corrected chi connectivity index (χ2v) is 50.7. The average molecular weight is 2610 g/mol. The summed E-state index contributed by atoms with van der Waals surface area (Å²) >= 11 is 30.1. The Hall–Kier alpha value is -5.84. The van der Waals surface area contributed by atoms with E-state index in [1.807, 2.05) is 0 Å². The molecule has 786 valence electrons. The van der Waals surface area contributed by atoms with E-state index in [2.05, 4.69) is 159 Å². The number of carbonyl (C=O) groups is 20. The van der Waals surface area contributed by atoms with Crippen LogP contribution in [-0.2, 0) is 148 Å². The van der Waals surface area contributed by atoms with Gasteiger partial charge >= 0.3 is 119 Å². The van der Waals surface area contributed by atoms with Crippen LogP contribution in [0, 0.1) is 76.8 Å². The van der Waals surface area contributed by atoms with E-state index in [0.717, 1.165) is 0 Å². The standard InChI is InChI=1S/C53H78Br6O25.C33H48Br4O16/c1-26(34(59)40(70)71)52(12,13)46(77)80-21-33(84-45(76)51(10,11)18-32(58)39(68)69)27(20-79-41(72)47(2,3)14-28(54)35(60)61)19-78-22-53(23-81-42(73)48(4,5)15-29(55)36(62)63,24-82-43(74)49(6,7)16-30(56)37(64)65)25-83-44(75)50(8,9)17-31(57)38(66)67;1-29(2,9-17(34)21(38)39)25(46)50-13-33(14-51-26(47)30(3,4)10-18(35)22(40)41,15-52-27(48)31(5,6)11-19(36)23(42)43)16-53-28(49)32(7,8)12-20(37)24(44)45/h26-34H,14-25H2,1-13H3,(H,60,61)(H,62,63)(H,64,65)(H,66,67)(H,68,69)(H,70,71);17-20H,9-16H2,1-8H3,(H,38,39)(H,40,41)(H,42,43)(H,44,45). The Morgan fingerprint density at radius 1 is 0.219 bits per heavy atom. The summed E-state index contributed by atoms with van der Waals surface area (Å²) in [6.45, 7) is 20.3. The first-order valence-electron chi connectivity index (χ1n) is 41.8. The first-order chi connectivity index (χ1) is 61.7. The molecule has 10 N–H and O–H groups in total. The zero-order valence-corrected chi connectivity index (χ0v) is 95.4. The van der Waals surface area contributed by atoms with Crippen molar-refractivity contribution >= 4 is 279 Å². The highest BCUT2D eigenvalue weighted by Crippen LogP contribution is 2.41. The smallest absolute Gasteiger partial charge is 0.317 e. The lowest BCUT2D eigenvalue weighted by Crippen LogP contribution is -2.48. The molecule has 0 aliphatic heterocycles. The second-order valence-electron chi connectivity index (χ2n) is 39.7. The van der Waals surface area contributed by atoms with E-state index in [1.165, 1.54) is 145 Å². The molecule has 51 heteroatoms. The van der Waals surface area contributed by atoms with Gasteiger partial charge in [0.1, 0.15) is 119 Å². The SMILES string of the molecule is CC(C(Br)C(=O)O)C(C)(C)C(=O)OCC(OC(=O)C(C)(C)CC(Br)C(=O)O)C(COCC(COC(=O)C(C)(C)CC(Br)C(=O)O)(COC(=O)C(C)(C)CC(Br)C(=O)O)COC(=O)C(C)(C)CC(Br)C(=O)O)COC(=O)C(C)(C)CC(Br)C(=O)O.CC(C)(CC(Br)C(=O)O)C(=O)OCC(COC(=O)C(C)(C)CC(Br)C(=O)O)(COC(=O)C(C)(C)CC(Br)C(=O)O)COC(=O)C(C)(C)CC(Br)C(=O)O. The van der Waals surface area contributed by atoms with E-state index in [4.69, 9.17) is 52.1 Å². The van der Waals surface area contributed by atoms with Crippen LogP contribution in [-0.4, -0.2) is 298 Å². The summed E-state index contributed by atoms with van der Waals surface area (Å²) in [4.78, 5) is 243. The van der Waals surface area contributed by atoms with E-state index < -0.39 is 323 Å². The monoisotopic (exact) mass is 2600 g/mol.